The number of hydrogen-bond donors (Lipinski definition) is 2. The fraction of sp³-hybridized carbons (Fsp3) is 0.222. The summed E-state index contributed by atoms with van der Waals surface area (Å²) >= 11 is 0. The molecule has 16 heavy (non-hydrogen) atoms. The number of benzene rings is 1. The normalized spacial score (nSPS) is 11.9. The molecule has 0 bridgehead atoms. The van der Waals surface area contributed by atoms with E-state index >= 15 is 0 Å². The molecule has 0 saturated heterocycles. The average Bonchev–Trinajstić information content (AvgIpc) is 2.26. The first-order valence-electron chi connectivity index (χ1n) is 4.28. The molecule has 0 spiro atoms. The molecule has 0 radical (unpaired) electrons. The van der Waals surface area contributed by atoms with E-state index in [9.17, 15) is 14.9 Å². The van der Waals surface area contributed by atoms with Gasteiger partial charge in [-0.1, -0.05) is 6.07 Å². The van der Waals surface area contributed by atoms with Crippen molar-refractivity contribution in [1.29, 1.82) is 0 Å². The molecule has 86 valence electrons. The molecule has 0 aliphatic rings. The number of nitrogens with two attached hydrogens (primary N) is 1. The Bertz CT molecular complexity index is 432. The summed E-state index contributed by atoms with van der Waals surface area (Å²) in [4.78, 5) is 20.6. The molecule has 1 aromatic rings. The van der Waals surface area contributed by atoms with Gasteiger partial charge in [0.2, 0.25) is 0 Å². The topological polar surface area (TPSA) is 116 Å². The van der Waals surface area contributed by atoms with E-state index in [-0.39, 0.29) is 17.0 Å². The smallest absolute Gasteiger partial charge is 0.325 e. The van der Waals surface area contributed by atoms with Crippen molar-refractivity contribution in [2.45, 2.75) is 6.04 Å². The zero-order valence-corrected chi connectivity index (χ0v) is 8.41. The molecule has 0 heterocycles. The van der Waals surface area contributed by atoms with Crippen molar-refractivity contribution >= 4 is 11.7 Å². The molecule has 0 saturated carbocycles. The number of ether oxygens (including phenoxy) is 1. The monoisotopic (exact) mass is 226 g/mol. The molecule has 1 unspecified atom stereocenters. The Labute approximate surface area is 90.6 Å². The van der Waals surface area contributed by atoms with Crippen molar-refractivity contribution in [2.75, 3.05) is 7.11 Å². The van der Waals surface area contributed by atoms with Crippen molar-refractivity contribution in [2.24, 2.45) is 5.73 Å². The molecule has 1 aromatic carbocycles. The molecule has 1 rings (SSSR count). The summed E-state index contributed by atoms with van der Waals surface area (Å²) in [5.74, 6) is -1.19. The molecule has 7 heteroatoms. The third-order valence-electron chi connectivity index (χ3n) is 2.02. The number of hydrogen-bond acceptors (Lipinski definition) is 5. The highest BCUT2D eigenvalue weighted by molar-refractivity contribution is 5.75. The Morgan fingerprint density at radius 1 is 1.62 bits per heavy atom. The van der Waals surface area contributed by atoms with E-state index in [0.717, 1.165) is 6.07 Å². The third kappa shape index (κ3) is 2.26. The molecule has 3 N–H and O–H groups in total. The van der Waals surface area contributed by atoms with Crippen LogP contribution in [0.25, 0.3) is 0 Å². The molecule has 0 aliphatic carbocycles. The highest BCUT2D eigenvalue weighted by Crippen LogP contribution is 2.29. The maximum Gasteiger partial charge on any atom is 0.325 e. The summed E-state index contributed by atoms with van der Waals surface area (Å²) in [7, 11) is 1.29. The number of nitrogens with zero attached hydrogens (tertiary/aromatic N) is 1. The second-order valence-electron chi connectivity index (χ2n) is 3.00. The van der Waals surface area contributed by atoms with Crippen LogP contribution in [-0.2, 0) is 4.79 Å². The zero-order valence-electron chi connectivity index (χ0n) is 8.41. The highest BCUT2D eigenvalue weighted by Gasteiger charge is 2.20. The average molecular weight is 226 g/mol. The van der Waals surface area contributed by atoms with E-state index < -0.39 is 16.9 Å². The van der Waals surface area contributed by atoms with Crippen molar-refractivity contribution in [3.63, 3.8) is 0 Å². The minimum atomic E-state index is -1.29. The first kappa shape index (κ1) is 11.9. The number of carbonyl (C=O) groups is 1. The van der Waals surface area contributed by atoms with Crippen molar-refractivity contribution in [3.05, 3.63) is 33.9 Å². The fourth-order valence-corrected chi connectivity index (χ4v) is 1.19. The number of carboxylic acid groups (broad SMARTS) is 1. The SMILES string of the molecule is COc1ccc(C(N)C(=O)O)cc1[N+](=O)[O-]. The summed E-state index contributed by atoms with van der Waals surface area (Å²) in [5.41, 5.74) is 5.18. The largest absolute Gasteiger partial charge is 0.490 e. The highest BCUT2D eigenvalue weighted by atomic mass is 16.6. The lowest BCUT2D eigenvalue weighted by Crippen LogP contribution is -2.20. The Hall–Kier alpha value is -2.15. The number of aliphatic carboxylic acids is 1. The van der Waals surface area contributed by atoms with Crippen LogP contribution >= 0.6 is 0 Å². The maximum absolute atomic E-state index is 10.7. The lowest BCUT2D eigenvalue weighted by atomic mass is 10.1. The number of rotatable bonds is 4. The molecule has 7 nitrogen and oxygen atoms in total. The molecule has 0 aromatic heterocycles. The summed E-state index contributed by atoms with van der Waals surface area (Å²) in [6.45, 7) is 0. The van der Waals surface area contributed by atoms with Crippen LogP contribution in [0.5, 0.6) is 5.75 Å². The van der Waals surface area contributed by atoms with Gasteiger partial charge in [0, 0.05) is 6.07 Å². The summed E-state index contributed by atoms with van der Waals surface area (Å²) in [6, 6.07) is 2.50. The van der Waals surface area contributed by atoms with Gasteiger partial charge in [0.25, 0.3) is 0 Å². The quantitative estimate of drug-likeness (QED) is 0.576. The number of carboxylic acids is 1. The van der Waals surface area contributed by atoms with Gasteiger partial charge in [-0.3, -0.25) is 14.9 Å². The van der Waals surface area contributed by atoms with Gasteiger partial charge >= 0.3 is 11.7 Å². The standard InChI is InChI=1S/C9H10N2O5/c1-16-7-3-2-5(8(10)9(12)13)4-6(7)11(14)15/h2-4,8H,10H2,1H3,(H,12,13). The first-order valence-corrected chi connectivity index (χ1v) is 4.28. The number of nitro benzene ring substituents is 1. The van der Waals surface area contributed by atoms with E-state index in [0.29, 0.717) is 0 Å². The summed E-state index contributed by atoms with van der Waals surface area (Å²) in [5, 5.41) is 19.3. The Morgan fingerprint density at radius 2 is 2.25 bits per heavy atom. The van der Waals surface area contributed by atoms with Gasteiger partial charge < -0.3 is 15.6 Å². The van der Waals surface area contributed by atoms with Crippen LogP contribution in [0.15, 0.2) is 18.2 Å². The first-order chi connectivity index (χ1) is 7.47. The van der Waals surface area contributed by atoms with Gasteiger partial charge in [0.05, 0.1) is 12.0 Å². The van der Waals surface area contributed by atoms with Crippen molar-refractivity contribution in [3.8, 4) is 5.75 Å². The minimum Gasteiger partial charge on any atom is -0.490 e. The maximum atomic E-state index is 10.7. The van der Waals surface area contributed by atoms with Gasteiger partial charge in [-0.2, -0.15) is 0 Å². The van der Waals surface area contributed by atoms with Crippen LogP contribution in [0.1, 0.15) is 11.6 Å². The van der Waals surface area contributed by atoms with Gasteiger partial charge in [-0.05, 0) is 11.6 Å². The molecule has 0 aliphatic heterocycles. The number of methoxy groups -OCH3 is 1. The Kier molecular flexibility index (Phi) is 3.41. The van der Waals surface area contributed by atoms with Gasteiger partial charge in [-0.25, -0.2) is 0 Å². The van der Waals surface area contributed by atoms with E-state index in [1.165, 1.54) is 19.2 Å². The molecule has 1 atom stereocenters. The van der Waals surface area contributed by atoms with Crippen LogP contribution in [0.3, 0.4) is 0 Å². The summed E-state index contributed by atoms with van der Waals surface area (Å²) in [6.07, 6.45) is 0. The fourth-order valence-electron chi connectivity index (χ4n) is 1.19. The predicted octanol–water partition coefficient (Wildman–Crippen LogP) is 0.688. The van der Waals surface area contributed by atoms with Crippen LogP contribution < -0.4 is 10.5 Å². The molecule has 0 fully saturated rings. The van der Waals surface area contributed by atoms with Crippen LogP contribution in [0.4, 0.5) is 5.69 Å². The molecular formula is C9H10N2O5. The predicted molar refractivity (Wildman–Crippen MR) is 54.2 cm³/mol. The Morgan fingerprint density at radius 3 is 2.69 bits per heavy atom. The second-order valence-corrected chi connectivity index (χ2v) is 3.00. The van der Waals surface area contributed by atoms with Gasteiger partial charge in [0.1, 0.15) is 6.04 Å². The second kappa shape index (κ2) is 4.58. The lowest BCUT2D eigenvalue weighted by Gasteiger charge is -2.08. The van der Waals surface area contributed by atoms with Crippen LogP contribution in [0.2, 0.25) is 0 Å². The van der Waals surface area contributed by atoms with E-state index in [1.54, 1.807) is 0 Å². The lowest BCUT2D eigenvalue weighted by molar-refractivity contribution is -0.385. The zero-order chi connectivity index (χ0) is 12.3. The Balaban J connectivity index is 3.21. The van der Waals surface area contributed by atoms with Gasteiger partial charge in [-0.15, -0.1) is 0 Å². The van der Waals surface area contributed by atoms with Crippen LogP contribution in [0, 0.1) is 10.1 Å². The van der Waals surface area contributed by atoms with Crippen LogP contribution in [-0.4, -0.2) is 23.1 Å². The molecule has 0 amide bonds. The number of nitro groups is 1. The van der Waals surface area contributed by atoms with E-state index in [2.05, 4.69) is 0 Å². The van der Waals surface area contributed by atoms with Gasteiger partial charge in [0.15, 0.2) is 5.75 Å². The minimum absolute atomic E-state index is 0.0614. The third-order valence-corrected chi connectivity index (χ3v) is 2.02. The molecular weight excluding hydrogens is 216 g/mol. The van der Waals surface area contributed by atoms with E-state index in [4.69, 9.17) is 15.6 Å². The van der Waals surface area contributed by atoms with Crippen molar-refractivity contribution < 1.29 is 19.6 Å². The van der Waals surface area contributed by atoms with Crippen molar-refractivity contribution in [1.82, 2.24) is 0 Å². The summed E-state index contributed by atoms with van der Waals surface area (Å²) < 4.78 is 4.77. The van der Waals surface area contributed by atoms with E-state index in [1.807, 2.05) is 0 Å².